The number of thiazole rings is 1. The molecule has 0 unspecified atom stereocenters. The first kappa shape index (κ1) is 20.1. The maximum Gasteiger partial charge on any atom is 1.00 e. The molecule has 24 heavy (non-hydrogen) atoms. The predicted molar refractivity (Wildman–Crippen MR) is 80.9 cm³/mol. The molecule has 1 N–H and O–H groups in total. The number of carboxylic acids is 1. The van der Waals surface area contributed by atoms with E-state index in [1.54, 1.807) is 0 Å². The number of carboxylic acid groups (broad SMARTS) is 1. The molecule has 8 nitrogen and oxygen atoms in total. The fraction of sp³-hybridized carbons (Fsp3) is 0.143. The van der Waals surface area contributed by atoms with Gasteiger partial charge in [0, 0.05) is 5.38 Å². The Kier molecular flexibility index (Phi) is 8.41. The Hall–Kier alpha value is -1.94. The monoisotopic (exact) mass is 357 g/mol. The molecule has 1 heterocycles. The molecule has 0 spiro atoms. The summed E-state index contributed by atoms with van der Waals surface area (Å²) < 4.78 is 5.03. The number of nitrogens with one attached hydrogen (secondary N) is 1. The summed E-state index contributed by atoms with van der Waals surface area (Å²) in [7, 11) is 1.20. The number of carbonyl (C=O) groups is 2. The zero-order chi connectivity index (χ0) is 16.7. The zero-order valence-corrected chi connectivity index (χ0v) is 15.8. The third-order valence-corrected chi connectivity index (χ3v) is 3.30. The molecule has 0 radical (unpaired) electrons. The van der Waals surface area contributed by atoms with Crippen molar-refractivity contribution in [1.29, 1.82) is 0 Å². The molecule has 0 aliphatic heterocycles. The topological polar surface area (TPSA) is 113 Å². The average Bonchev–Trinajstić information content (AvgIpc) is 2.99. The van der Waals surface area contributed by atoms with Gasteiger partial charge in [0.2, 0.25) is 0 Å². The minimum Gasteiger partial charge on any atom is -0.543 e. The van der Waals surface area contributed by atoms with E-state index in [2.05, 4.69) is 20.3 Å². The second-order valence-corrected chi connectivity index (χ2v) is 4.99. The number of hydrogen-bond donors (Lipinski definition) is 1. The average molecular weight is 357 g/mol. The summed E-state index contributed by atoms with van der Waals surface area (Å²) in [5.74, 6) is -1.53. The van der Waals surface area contributed by atoms with Crippen molar-refractivity contribution >= 4 is 34.2 Å². The second kappa shape index (κ2) is 10.0. The van der Waals surface area contributed by atoms with Gasteiger partial charge >= 0.3 is 35.7 Å². The van der Waals surface area contributed by atoms with E-state index in [0.717, 1.165) is 16.9 Å². The number of carbonyl (C=O) groups excluding carboxylic acids is 2. The van der Waals surface area contributed by atoms with Gasteiger partial charge in [-0.25, -0.2) is 9.78 Å². The molecule has 1 aromatic carbocycles. The molecule has 0 saturated carbocycles. The van der Waals surface area contributed by atoms with Crippen LogP contribution >= 0.6 is 11.3 Å². The number of aliphatic carboxylic acids is 1. The van der Waals surface area contributed by atoms with Crippen LogP contribution in [0.4, 0.5) is 9.93 Å². The van der Waals surface area contributed by atoms with Crippen molar-refractivity contribution in [2.24, 2.45) is 5.16 Å². The van der Waals surface area contributed by atoms with Gasteiger partial charge in [0.1, 0.15) is 19.4 Å². The molecule has 1 aromatic heterocycles. The van der Waals surface area contributed by atoms with Crippen LogP contribution < -0.4 is 40.0 Å². The first-order valence-electron chi connectivity index (χ1n) is 6.36. The fourth-order valence-electron chi connectivity index (χ4n) is 1.57. The number of amides is 1. The van der Waals surface area contributed by atoms with E-state index >= 15 is 0 Å². The Balaban J connectivity index is 0.00000288. The number of aromatic nitrogens is 1. The van der Waals surface area contributed by atoms with Crippen molar-refractivity contribution in [3.8, 4) is 0 Å². The number of oxime groups is 1. The molecule has 1 amide bonds. The van der Waals surface area contributed by atoms with Gasteiger partial charge < -0.3 is 19.5 Å². The van der Waals surface area contributed by atoms with E-state index in [4.69, 9.17) is 4.74 Å². The molecule has 10 heteroatoms. The Bertz CT molecular complexity index is 720. The zero-order valence-electron chi connectivity index (χ0n) is 13.0. The molecule has 2 rings (SSSR count). The van der Waals surface area contributed by atoms with E-state index in [1.807, 2.05) is 30.3 Å². The van der Waals surface area contributed by atoms with Crippen molar-refractivity contribution in [3.63, 3.8) is 0 Å². The van der Waals surface area contributed by atoms with Crippen molar-refractivity contribution in [1.82, 2.24) is 4.98 Å². The number of nitrogens with zero attached hydrogens (tertiary/aromatic N) is 2. The summed E-state index contributed by atoms with van der Waals surface area (Å²) in [5, 5.41) is 18.2. The van der Waals surface area contributed by atoms with Crippen LogP contribution in [0.2, 0.25) is 0 Å². The van der Waals surface area contributed by atoms with E-state index in [9.17, 15) is 14.7 Å². The largest absolute Gasteiger partial charge is 1.00 e. The minimum absolute atomic E-state index is 0. The SMILES string of the molecule is CON=C(C(=O)[O-])c1csc(NC(=O)OCc2ccccc2)n1.[Na+]. The first-order valence-corrected chi connectivity index (χ1v) is 7.24. The summed E-state index contributed by atoms with van der Waals surface area (Å²) in [5.41, 5.74) is 0.401. The van der Waals surface area contributed by atoms with Crippen molar-refractivity contribution in [2.75, 3.05) is 12.4 Å². The molecule has 0 aliphatic carbocycles. The summed E-state index contributed by atoms with van der Waals surface area (Å²) in [6, 6.07) is 9.17. The summed E-state index contributed by atoms with van der Waals surface area (Å²) in [4.78, 5) is 30.9. The molecule has 0 atom stereocenters. The van der Waals surface area contributed by atoms with Crippen LogP contribution in [0.1, 0.15) is 11.3 Å². The number of hydrogen-bond acceptors (Lipinski definition) is 8. The molecule has 2 aromatic rings. The number of anilines is 1. The number of rotatable bonds is 6. The van der Waals surface area contributed by atoms with Gasteiger partial charge in [0.15, 0.2) is 10.8 Å². The van der Waals surface area contributed by atoms with E-state index in [0.29, 0.717) is 0 Å². The third kappa shape index (κ3) is 5.93. The Morgan fingerprint density at radius 2 is 2.04 bits per heavy atom. The van der Waals surface area contributed by atoms with Crippen LogP contribution in [0.5, 0.6) is 0 Å². The first-order chi connectivity index (χ1) is 11.1. The third-order valence-electron chi connectivity index (χ3n) is 2.54. The van der Waals surface area contributed by atoms with E-state index < -0.39 is 17.8 Å². The van der Waals surface area contributed by atoms with Crippen molar-refractivity contribution < 1.29 is 53.8 Å². The van der Waals surface area contributed by atoms with E-state index in [1.165, 1.54) is 12.5 Å². The summed E-state index contributed by atoms with van der Waals surface area (Å²) in [6.07, 6.45) is -0.701. The van der Waals surface area contributed by atoms with Gasteiger partial charge in [0.05, 0.1) is 5.97 Å². The van der Waals surface area contributed by atoms with Gasteiger partial charge in [-0.1, -0.05) is 35.5 Å². The van der Waals surface area contributed by atoms with Gasteiger partial charge in [-0.05, 0) is 5.56 Å². The molecular weight excluding hydrogens is 345 g/mol. The summed E-state index contributed by atoms with van der Waals surface area (Å²) >= 11 is 1.02. The van der Waals surface area contributed by atoms with Crippen LogP contribution in [0.15, 0.2) is 40.9 Å². The summed E-state index contributed by atoms with van der Waals surface area (Å²) in [6.45, 7) is 0.111. The van der Waals surface area contributed by atoms with Crippen LogP contribution in [0, 0.1) is 0 Å². The smallest absolute Gasteiger partial charge is 0.543 e. The Labute approximate surface area is 163 Å². The van der Waals surface area contributed by atoms with Crippen molar-refractivity contribution in [3.05, 3.63) is 47.0 Å². The van der Waals surface area contributed by atoms with Crippen LogP contribution in [0.25, 0.3) is 0 Å². The van der Waals surface area contributed by atoms with Crippen LogP contribution in [-0.2, 0) is 21.0 Å². The minimum atomic E-state index is -1.53. The van der Waals surface area contributed by atoms with Crippen LogP contribution in [-0.4, -0.2) is 29.9 Å². The van der Waals surface area contributed by atoms with Gasteiger partial charge in [-0.3, -0.25) is 5.32 Å². The number of benzene rings is 1. The maximum absolute atomic E-state index is 11.7. The standard InChI is InChI=1S/C14H13N3O5S.Na/c1-21-17-11(12(18)19)10-8-23-13(15-10)16-14(20)22-7-9-5-3-2-4-6-9;/h2-6,8H,7H2,1H3,(H,18,19)(H,15,16,20);/q;+1/p-1. The van der Waals surface area contributed by atoms with Gasteiger partial charge in [-0.15, -0.1) is 11.3 Å². The molecule has 0 fully saturated rings. The molecule has 0 aliphatic rings. The second-order valence-electron chi connectivity index (χ2n) is 4.13. The number of ether oxygens (including phenoxy) is 1. The molecule has 120 valence electrons. The van der Waals surface area contributed by atoms with Gasteiger partial charge in [0.25, 0.3) is 0 Å². The molecule has 0 bridgehead atoms. The Morgan fingerprint density at radius 3 is 2.67 bits per heavy atom. The normalized spacial score (nSPS) is 10.5. The maximum atomic E-state index is 11.7. The fourth-order valence-corrected chi connectivity index (χ4v) is 2.25. The van der Waals surface area contributed by atoms with Gasteiger partial charge in [-0.2, -0.15) is 0 Å². The molecule has 0 saturated heterocycles. The molecular formula is C14H12N3NaO5S. The van der Waals surface area contributed by atoms with Crippen LogP contribution in [0.3, 0.4) is 0 Å². The van der Waals surface area contributed by atoms with E-state index in [-0.39, 0.29) is 47.0 Å². The quantitative estimate of drug-likeness (QED) is 0.363. The Morgan fingerprint density at radius 1 is 1.33 bits per heavy atom. The van der Waals surface area contributed by atoms with Crippen molar-refractivity contribution in [2.45, 2.75) is 6.61 Å². The predicted octanol–water partition coefficient (Wildman–Crippen LogP) is -2.00.